The molecule has 0 aromatic carbocycles. The van der Waals surface area contributed by atoms with Crippen LogP contribution in [-0.4, -0.2) is 25.1 Å². The van der Waals surface area contributed by atoms with Gasteiger partial charge in [-0.05, 0) is 24.5 Å². The molecule has 0 saturated heterocycles. The molecule has 0 radical (unpaired) electrons. The van der Waals surface area contributed by atoms with Crippen molar-refractivity contribution in [3.05, 3.63) is 0 Å². The topological polar surface area (TPSA) is 9.23 Å². The molecule has 0 rings (SSSR count). The standard InChI is InChI=1S/C10H19F3OS/c1-2-4-9(8-15)7-14-6-3-5-10(11,12)13/h9,15H,2-8H2,1H3. The first-order valence-electron chi connectivity index (χ1n) is 5.25. The van der Waals surface area contributed by atoms with Crippen LogP contribution in [0, 0.1) is 5.92 Å². The van der Waals surface area contributed by atoms with E-state index in [2.05, 4.69) is 19.6 Å². The minimum Gasteiger partial charge on any atom is -0.381 e. The summed E-state index contributed by atoms with van der Waals surface area (Å²) < 4.78 is 40.5. The highest BCUT2D eigenvalue weighted by Gasteiger charge is 2.25. The van der Waals surface area contributed by atoms with Gasteiger partial charge in [-0.25, -0.2) is 0 Å². The molecular formula is C10H19F3OS. The van der Waals surface area contributed by atoms with Crippen LogP contribution >= 0.6 is 12.6 Å². The van der Waals surface area contributed by atoms with Crippen LogP contribution in [0.25, 0.3) is 0 Å². The molecule has 0 aliphatic heterocycles. The second-order valence-electron chi connectivity index (χ2n) is 3.63. The van der Waals surface area contributed by atoms with Crippen molar-refractivity contribution in [2.75, 3.05) is 19.0 Å². The van der Waals surface area contributed by atoms with Gasteiger partial charge in [-0.3, -0.25) is 0 Å². The van der Waals surface area contributed by atoms with E-state index in [0.717, 1.165) is 18.6 Å². The first-order chi connectivity index (χ1) is 6.99. The molecule has 0 fully saturated rings. The average Bonchev–Trinajstić information content (AvgIpc) is 2.14. The number of hydrogen-bond acceptors (Lipinski definition) is 2. The van der Waals surface area contributed by atoms with Gasteiger partial charge in [-0.15, -0.1) is 0 Å². The summed E-state index contributed by atoms with van der Waals surface area (Å²) in [7, 11) is 0. The Kier molecular flexibility index (Phi) is 8.33. The third-order valence-corrected chi connectivity index (χ3v) is 2.57. The second-order valence-corrected chi connectivity index (χ2v) is 4.00. The summed E-state index contributed by atoms with van der Waals surface area (Å²) in [6.07, 6.45) is -2.70. The normalized spacial score (nSPS) is 14.2. The van der Waals surface area contributed by atoms with E-state index in [4.69, 9.17) is 4.74 Å². The lowest BCUT2D eigenvalue weighted by Gasteiger charge is -2.13. The van der Waals surface area contributed by atoms with Crippen LogP contribution in [-0.2, 0) is 4.74 Å². The fourth-order valence-corrected chi connectivity index (χ4v) is 1.55. The van der Waals surface area contributed by atoms with Crippen molar-refractivity contribution in [2.24, 2.45) is 5.92 Å². The third-order valence-electron chi connectivity index (χ3n) is 2.06. The molecule has 0 spiro atoms. The van der Waals surface area contributed by atoms with Gasteiger partial charge in [0.25, 0.3) is 0 Å². The Balaban J connectivity index is 3.36. The van der Waals surface area contributed by atoms with Crippen LogP contribution in [0.4, 0.5) is 13.2 Å². The van der Waals surface area contributed by atoms with E-state index in [9.17, 15) is 13.2 Å². The lowest BCUT2D eigenvalue weighted by molar-refractivity contribution is -0.138. The smallest absolute Gasteiger partial charge is 0.381 e. The highest BCUT2D eigenvalue weighted by molar-refractivity contribution is 7.80. The molecule has 0 bridgehead atoms. The maximum Gasteiger partial charge on any atom is 0.389 e. The molecular weight excluding hydrogens is 225 g/mol. The van der Waals surface area contributed by atoms with Crippen molar-refractivity contribution >= 4 is 12.6 Å². The minimum atomic E-state index is -4.06. The van der Waals surface area contributed by atoms with Gasteiger partial charge in [-0.1, -0.05) is 13.3 Å². The zero-order chi connectivity index (χ0) is 11.7. The quantitative estimate of drug-likeness (QED) is 0.506. The summed E-state index contributed by atoms with van der Waals surface area (Å²) in [6, 6.07) is 0. The third kappa shape index (κ3) is 10.4. The molecule has 0 saturated carbocycles. The van der Waals surface area contributed by atoms with Gasteiger partial charge in [0.1, 0.15) is 0 Å². The van der Waals surface area contributed by atoms with E-state index in [-0.39, 0.29) is 13.0 Å². The molecule has 1 nitrogen and oxygen atoms in total. The van der Waals surface area contributed by atoms with E-state index in [0.29, 0.717) is 12.5 Å². The second kappa shape index (κ2) is 8.28. The minimum absolute atomic E-state index is 0.0505. The summed E-state index contributed by atoms with van der Waals surface area (Å²) in [5.74, 6) is 1.09. The Hall–Kier alpha value is 0.100. The lowest BCUT2D eigenvalue weighted by atomic mass is 10.1. The van der Waals surface area contributed by atoms with Gasteiger partial charge in [0.15, 0.2) is 0 Å². The Labute approximate surface area is 94.8 Å². The molecule has 0 aromatic heterocycles. The molecule has 0 aliphatic rings. The first kappa shape index (κ1) is 15.1. The molecule has 0 heterocycles. The van der Waals surface area contributed by atoms with Crippen molar-refractivity contribution in [3.8, 4) is 0 Å². The number of ether oxygens (including phenoxy) is 1. The Morgan fingerprint density at radius 3 is 2.47 bits per heavy atom. The molecule has 0 amide bonds. The van der Waals surface area contributed by atoms with Crippen molar-refractivity contribution in [1.29, 1.82) is 0 Å². The molecule has 1 atom stereocenters. The van der Waals surface area contributed by atoms with Crippen molar-refractivity contribution in [2.45, 2.75) is 38.8 Å². The van der Waals surface area contributed by atoms with Crippen LogP contribution in [0.5, 0.6) is 0 Å². The van der Waals surface area contributed by atoms with E-state index in [1.54, 1.807) is 0 Å². The maximum absolute atomic E-state index is 11.8. The predicted molar refractivity (Wildman–Crippen MR) is 58.4 cm³/mol. The van der Waals surface area contributed by atoms with Crippen molar-refractivity contribution in [1.82, 2.24) is 0 Å². The SMILES string of the molecule is CCCC(CS)COCCCC(F)(F)F. The van der Waals surface area contributed by atoms with E-state index >= 15 is 0 Å². The van der Waals surface area contributed by atoms with Crippen LogP contribution in [0.15, 0.2) is 0 Å². The number of hydrogen-bond donors (Lipinski definition) is 1. The van der Waals surface area contributed by atoms with E-state index < -0.39 is 12.6 Å². The number of halogens is 3. The molecule has 0 N–H and O–H groups in total. The summed E-state index contributed by atoms with van der Waals surface area (Å²) in [6.45, 7) is 2.78. The van der Waals surface area contributed by atoms with E-state index in [1.807, 2.05) is 0 Å². The van der Waals surface area contributed by atoms with Gasteiger partial charge < -0.3 is 4.74 Å². The summed E-state index contributed by atoms with van der Waals surface area (Å²) >= 11 is 4.16. The Bertz CT molecular complexity index is 150. The summed E-state index contributed by atoms with van der Waals surface area (Å²) in [5.41, 5.74) is 0. The zero-order valence-corrected chi connectivity index (χ0v) is 9.91. The zero-order valence-electron chi connectivity index (χ0n) is 9.02. The highest BCUT2D eigenvalue weighted by atomic mass is 32.1. The van der Waals surface area contributed by atoms with Crippen LogP contribution in [0.3, 0.4) is 0 Å². The molecule has 5 heteroatoms. The largest absolute Gasteiger partial charge is 0.389 e. The van der Waals surface area contributed by atoms with Gasteiger partial charge in [0.05, 0.1) is 6.61 Å². The monoisotopic (exact) mass is 244 g/mol. The number of alkyl halides is 3. The van der Waals surface area contributed by atoms with Crippen molar-refractivity contribution in [3.63, 3.8) is 0 Å². The highest BCUT2D eigenvalue weighted by Crippen LogP contribution is 2.21. The summed E-state index contributed by atoms with van der Waals surface area (Å²) in [5, 5.41) is 0. The van der Waals surface area contributed by atoms with Gasteiger partial charge in [0.2, 0.25) is 0 Å². The van der Waals surface area contributed by atoms with Crippen LogP contribution in [0.1, 0.15) is 32.6 Å². The Morgan fingerprint density at radius 2 is 2.00 bits per heavy atom. The fourth-order valence-electron chi connectivity index (χ4n) is 1.26. The number of rotatable bonds is 8. The predicted octanol–water partition coefficient (Wildman–Crippen LogP) is 3.69. The van der Waals surface area contributed by atoms with Gasteiger partial charge >= 0.3 is 6.18 Å². The summed E-state index contributed by atoms with van der Waals surface area (Å²) in [4.78, 5) is 0. The molecule has 1 unspecified atom stereocenters. The first-order valence-corrected chi connectivity index (χ1v) is 5.88. The average molecular weight is 244 g/mol. The molecule has 0 aliphatic carbocycles. The lowest BCUT2D eigenvalue weighted by Crippen LogP contribution is -2.13. The molecule has 15 heavy (non-hydrogen) atoms. The van der Waals surface area contributed by atoms with Gasteiger partial charge in [0, 0.05) is 13.0 Å². The van der Waals surface area contributed by atoms with Crippen molar-refractivity contribution < 1.29 is 17.9 Å². The van der Waals surface area contributed by atoms with Crippen LogP contribution in [0.2, 0.25) is 0 Å². The number of thiol groups is 1. The van der Waals surface area contributed by atoms with Crippen LogP contribution < -0.4 is 0 Å². The Morgan fingerprint density at radius 1 is 1.33 bits per heavy atom. The molecule has 92 valence electrons. The van der Waals surface area contributed by atoms with Gasteiger partial charge in [-0.2, -0.15) is 25.8 Å². The van der Waals surface area contributed by atoms with E-state index in [1.165, 1.54) is 0 Å². The molecule has 0 aromatic rings. The maximum atomic E-state index is 11.8. The fraction of sp³-hybridized carbons (Fsp3) is 1.00.